The SMILES string of the molecule is CN=C(NCCC(F)(F)F)NCc1c(C)nn(Cc2ccccc2)c1C.I. The summed E-state index contributed by atoms with van der Waals surface area (Å²) in [4.78, 5) is 3.96. The van der Waals surface area contributed by atoms with Crippen molar-refractivity contribution in [2.24, 2.45) is 4.99 Å². The van der Waals surface area contributed by atoms with E-state index in [0.29, 0.717) is 19.0 Å². The van der Waals surface area contributed by atoms with Gasteiger partial charge in [-0.25, -0.2) is 0 Å². The van der Waals surface area contributed by atoms with E-state index in [9.17, 15) is 13.2 Å². The summed E-state index contributed by atoms with van der Waals surface area (Å²) in [6.45, 7) is 4.81. The van der Waals surface area contributed by atoms with Gasteiger partial charge in [-0.2, -0.15) is 18.3 Å². The highest BCUT2D eigenvalue weighted by atomic mass is 127. The van der Waals surface area contributed by atoms with Gasteiger partial charge in [0.15, 0.2) is 5.96 Å². The fraction of sp³-hybridized carbons (Fsp3) is 0.444. The molecule has 1 aromatic carbocycles. The number of aromatic nitrogens is 2. The van der Waals surface area contributed by atoms with Crippen LogP contribution in [-0.4, -0.2) is 35.5 Å². The maximum absolute atomic E-state index is 12.2. The number of rotatable bonds is 6. The molecule has 1 heterocycles. The molecule has 2 N–H and O–H groups in total. The average molecular weight is 495 g/mol. The Bertz CT molecular complexity index is 741. The summed E-state index contributed by atoms with van der Waals surface area (Å²) in [5.74, 6) is 0.337. The van der Waals surface area contributed by atoms with Crippen LogP contribution in [0.2, 0.25) is 0 Å². The molecule has 1 aromatic heterocycles. The molecular weight excluding hydrogens is 470 g/mol. The lowest BCUT2D eigenvalue weighted by Gasteiger charge is -2.13. The summed E-state index contributed by atoms with van der Waals surface area (Å²) in [6.07, 6.45) is -5.08. The molecule has 0 atom stereocenters. The Morgan fingerprint density at radius 1 is 1.15 bits per heavy atom. The van der Waals surface area contributed by atoms with Crippen LogP contribution in [0.4, 0.5) is 13.2 Å². The number of nitrogens with zero attached hydrogens (tertiary/aromatic N) is 3. The van der Waals surface area contributed by atoms with Crippen LogP contribution in [0.3, 0.4) is 0 Å². The van der Waals surface area contributed by atoms with Crippen LogP contribution in [0.5, 0.6) is 0 Å². The van der Waals surface area contributed by atoms with Gasteiger partial charge in [-0.05, 0) is 19.4 Å². The molecule has 0 radical (unpaired) electrons. The summed E-state index contributed by atoms with van der Waals surface area (Å²) in [5.41, 5.74) is 4.07. The van der Waals surface area contributed by atoms with E-state index in [0.717, 1.165) is 22.5 Å². The lowest BCUT2D eigenvalue weighted by Crippen LogP contribution is -2.38. The molecule has 0 saturated carbocycles. The topological polar surface area (TPSA) is 54.2 Å². The van der Waals surface area contributed by atoms with Gasteiger partial charge in [0, 0.05) is 31.4 Å². The van der Waals surface area contributed by atoms with E-state index in [2.05, 4.69) is 20.7 Å². The van der Waals surface area contributed by atoms with Crippen LogP contribution in [0.15, 0.2) is 35.3 Å². The molecular formula is C18H25F3IN5. The van der Waals surface area contributed by atoms with Gasteiger partial charge in [-0.1, -0.05) is 30.3 Å². The summed E-state index contributed by atoms with van der Waals surface area (Å²) < 4.78 is 38.6. The van der Waals surface area contributed by atoms with Gasteiger partial charge in [0.25, 0.3) is 0 Å². The average Bonchev–Trinajstić information content (AvgIpc) is 2.84. The molecule has 0 fully saturated rings. The molecule has 27 heavy (non-hydrogen) atoms. The first-order valence-corrected chi connectivity index (χ1v) is 8.38. The van der Waals surface area contributed by atoms with Crippen molar-refractivity contribution in [1.82, 2.24) is 20.4 Å². The van der Waals surface area contributed by atoms with Crippen molar-refractivity contribution < 1.29 is 13.2 Å². The van der Waals surface area contributed by atoms with Crippen LogP contribution < -0.4 is 10.6 Å². The Balaban J connectivity index is 0.00000364. The first-order valence-electron chi connectivity index (χ1n) is 8.38. The molecule has 0 aliphatic heterocycles. The van der Waals surface area contributed by atoms with Crippen molar-refractivity contribution in [3.05, 3.63) is 52.8 Å². The highest BCUT2D eigenvalue weighted by Gasteiger charge is 2.26. The maximum Gasteiger partial charge on any atom is 0.390 e. The third-order valence-corrected chi connectivity index (χ3v) is 4.06. The Morgan fingerprint density at radius 3 is 2.41 bits per heavy atom. The van der Waals surface area contributed by atoms with Crippen LogP contribution in [-0.2, 0) is 13.1 Å². The Kier molecular flexibility index (Phi) is 9.07. The van der Waals surface area contributed by atoms with Crippen LogP contribution >= 0.6 is 24.0 Å². The van der Waals surface area contributed by atoms with Crippen molar-refractivity contribution in [3.8, 4) is 0 Å². The normalized spacial score (nSPS) is 11.9. The number of hydrogen-bond donors (Lipinski definition) is 2. The van der Waals surface area contributed by atoms with Crippen molar-refractivity contribution in [3.63, 3.8) is 0 Å². The van der Waals surface area contributed by atoms with Gasteiger partial charge >= 0.3 is 6.18 Å². The molecule has 0 aliphatic rings. The standard InChI is InChI=1S/C18H24F3N5.HI/c1-13-16(11-24-17(22-3)23-10-9-18(19,20)21)14(2)26(25-13)12-15-7-5-4-6-8-15;/h4-8H,9-12H2,1-3H3,(H2,22,23,24);1H. The molecule has 2 rings (SSSR count). The highest BCUT2D eigenvalue weighted by molar-refractivity contribution is 14.0. The molecule has 0 bridgehead atoms. The predicted octanol–water partition coefficient (Wildman–Crippen LogP) is 3.78. The molecule has 0 spiro atoms. The van der Waals surface area contributed by atoms with Crippen molar-refractivity contribution in [1.29, 1.82) is 0 Å². The molecule has 150 valence electrons. The Labute approximate surface area is 174 Å². The fourth-order valence-electron chi connectivity index (χ4n) is 2.62. The predicted molar refractivity (Wildman–Crippen MR) is 112 cm³/mol. The third-order valence-electron chi connectivity index (χ3n) is 4.06. The number of guanidine groups is 1. The van der Waals surface area contributed by atoms with E-state index in [1.54, 1.807) is 0 Å². The van der Waals surface area contributed by atoms with Crippen molar-refractivity contribution >= 4 is 29.9 Å². The van der Waals surface area contributed by atoms with Crippen LogP contribution in [0.1, 0.15) is 28.9 Å². The molecule has 9 heteroatoms. The quantitative estimate of drug-likeness (QED) is 0.365. The zero-order chi connectivity index (χ0) is 19.2. The number of aryl methyl sites for hydroxylation is 1. The van der Waals surface area contributed by atoms with Gasteiger partial charge in [0.1, 0.15) is 0 Å². The van der Waals surface area contributed by atoms with Gasteiger partial charge in [0.05, 0.1) is 18.7 Å². The van der Waals surface area contributed by atoms with E-state index >= 15 is 0 Å². The highest BCUT2D eigenvalue weighted by Crippen LogP contribution is 2.18. The van der Waals surface area contributed by atoms with E-state index in [1.807, 2.05) is 48.9 Å². The molecule has 0 saturated heterocycles. The summed E-state index contributed by atoms with van der Waals surface area (Å²) in [5, 5.41) is 10.3. The minimum atomic E-state index is -4.18. The smallest absolute Gasteiger partial charge is 0.356 e. The number of halogens is 4. The lowest BCUT2D eigenvalue weighted by molar-refractivity contribution is -0.132. The Hall–Kier alpha value is -1.78. The second-order valence-corrected chi connectivity index (χ2v) is 6.01. The molecule has 5 nitrogen and oxygen atoms in total. The zero-order valence-corrected chi connectivity index (χ0v) is 17.9. The van der Waals surface area contributed by atoms with Crippen molar-refractivity contribution in [2.75, 3.05) is 13.6 Å². The summed E-state index contributed by atoms with van der Waals surface area (Å²) in [7, 11) is 1.53. The first kappa shape index (κ1) is 23.3. The second kappa shape index (κ2) is 10.5. The second-order valence-electron chi connectivity index (χ2n) is 6.01. The molecule has 2 aromatic rings. The van der Waals surface area contributed by atoms with Crippen LogP contribution in [0, 0.1) is 13.8 Å². The number of aliphatic imine (C=N–C) groups is 1. The number of alkyl halides is 3. The van der Waals surface area contributed by atoms with E-state index in [-0.39, 0.29) is 30.5 Å². The number of benzene rings is 1. The summed E-state index contributed by atoms with van der Waals surface area (Å²) >= 11 is 0. The molecule has 0 aliphatic carbocycles. The lowest BCUT2D eigenvalue weighted by atomic mass is 10.2. The minimum absolute atomic E-state index is 0. The number of nitrogens with one attached hydrogen (secondary N) is 2. The first-order chi connectivity index (χ1) is 12.3. The maximum atomic E-state index is 12.2. The fourth-order valence-corrected chi connectivity index (χ4v) is 2.62. The zero-order valence-electron chi connectivity index (χ0n) is 15.6. The van der Waals surface area contributed by atoms with E-state index < -0.39 is 12.6 Å². The largest absolute Gasteiger partial charge is 0.390 e. The molecule has 0 unspecified atom stereocenters. The van der Waals surface area contributed by atoms with Gasteiger partial charge in [-0.15, -0.1) is 24.0 Å². The minimum Gasteiger partial charge on any atom is -0.356 e. The van der Waals surface area contributed by atoms with Gasteiger partial charge in [0.2, 0.25) is 0 Å². The van der Waals surface area contributed by atoms with Gasteiger partial charge < -0.3 is 10.6 Å². The van der Waals surface area contributed by atoms with E-state index in [1.165, 1.54) is 7.05 Å². The molecule has 0 amide bonds. The summed E-state index contributed by atoms with van der Waals surface area (Å²) in [6, 6.07) is 10.0. The third kappa shape index (κ3) is 7.39. The van der Waals surface area contributed by atoms with Crippen LogP contribution in [0.25, 0.3) is 0 Å². The van der Waals surface area contributed by atoms with Gasteiger partial charge in [-0.3, -0.25) is 9.67 Å². The monoisotopic (exact) mass is 495 g/mol. The number of hydrogen-bond acceptors (Lipinski definition) is 2. The van der Waals surface area contributed by atoms with E-state index in [4.69, 9.17) is 0 Å². The van der Waals surface area contributed by atoms with Crippen molar-refractivity contribution in [2.45, 2.75) is 39.5 Å². The Morgan fingerprint density at radius 2 is 1.81 bits per heavy atom.